The van der Waals surface area contributed by atoms with Gasteiger partial charge in [-0.3, -0.25) is 4.90 Å². The van der Waals surface area contributed by atoms with Crippen LogP contribution < -0.4 is 5.32 Å². The zero-order valence-electron chi connectivity index (χ0n) is 22.7. The number of nitrogens with one attached hydrogen (secondary N) is 1. The van der Waals surface area contributed by atoms with Gasteiger partial charge in [-0.2, -0.15) is 4.98 Å². The first kappa shape index (κ1) is 27.0. The molecule has 1 aliphatic carbocycles. The van der Waals surface area contributed by atoms with Crippen LogP contribution in [0.1, 0.15) is 57.6 Å². The first-order valence-electron chi connectivity index (χ1n) is 13.8. The number of piperazine rings is 1. The van der Waals surface area contributed by atoms with Crippen molar-refractivity contribution in [2.45, 2.75) is 76.6 Å². The number of aliphatic hydroxyl groups is 1. The third-order valence-corrected chi connectivity index (χ3v) is 8.17. The lowest BCUT2D eigenvalue weighted by Crippen LogP contribution is -2.43. The number of benzene rings is 1. The summed E-state index contributed by atoms with van der Waals surface area (Å²) in [5.41, 5.74) is 3.64. The van der Waals surface area contributed by atoms with Gasteiger partial charge in [0.25, 0.3) is 0 Å². The van der Waals surface area contributed by atoms with E-state index in [0.29, 0.717) is 5.95 Å². The lowest BCUT2D eigenvalue weighted by Gasteiger charge is -2.34. The second-order valence-corrected chi connectivity index (χ2v) is 11.6. The van der Waals surface area contributed by atoms with Gasteiger partial charge in [0.2, 0.25) is 12.4 Å². The minimum absolute atomic E-state index is 0.212. The van der Waals surface area contributed by atoms with Crippen LogP contribution >= 0.6 is 0 Å². The number of nitrogens with zero attached hydrogens (tertiary/aromatic N) is 5. The summed E-state index contributed by atoms with van der Waals surface area (Å²) in [6.07, 6.45) is 4.50. The highest BCUT2D eigenvalue weighted by molar-refractivity contribution is 5.94. The summed E-state index contributed by atoms with van der Waals surface area (Å²) in [6.45, 7) is 8.95. The molecule has 5 rings (SSSR count). The van der Waals surface area contributed by atoms with Crippen LogP contribution in [0.2, 0.25) is 0 Å². The summed E-state index contributed by atoms with van der Waals surface area (Å²) in [6, 6.07) is 8.53. The highest BCUT2D eigenvalue weighted by Crippen LogP contribution is 2.39. The van der Waals surface area contributed by atoms with Crippen molar-refractivity contribution >= 4 is 17.0 Å². The summed E-state index contributed by atoms with van der Waals surface area (Å²) < 4.78 is 27.9. The number of fused-ring (bicyclic) bond motifs is 1. The van der Waals surface area contributed by atoms with E-state index in [2.05, 4.69) is 62.2 Å². The van der Waals surface area contributed by atoms with Crippen molar-refractivity contribution in [3.8, 4) is 11.1 Å². The number of hydrogen-bond acceptors (Lipinski definition) is 6. The molecule has 0 radical (unpaired) electrons. The summed E-state index contributed by atoms with van der Waals surface area (Å²) in [7, 11) is 2.17. The fourth-order valence-electron chi connectivity index (χ4n) is 5.71. The molecule has 1 atom stereocenters. The number of alkyl halides is 2. The molecule has 206 valence electrons. The Balaban J connectivity index is 1.43. The van der Waals surface area contributed by atoms with Crippen molar-refractivity contribution in [2.75, 3.05) is 38.5 Å². The Hall–Kier alpha value is -2.62. The van der Waals surface area contributed by atoms with Gasteiger partial charge in [0.05, 0.1) is 5.60 Å². The first-order valence-corrected chi connectivity index (χ1v) is 13.8. The molecule has 2 aliphatic rings. The van der Waals surface area contributed by atoms with Gasteiger partial charge in [-0.25, -0.2) is 13.8 Å². The van der Waals surface area contributed by atoms with E-state index in [1.54, 1.807) is 6.92 Å². The minimum Gasteiger partial charge on any atom is -0.390 e. The molecule has 2 N–H and O–H groups in total. The topological polar surface area (TPSA) is 69.5 Å². The zero-order chi connectivity index (χ0) is 26.9. The van der Waals surface area contributed by atoms with Gasteiger partial charge in [0, 0.05) is 74.6 Å². The van der Waals surface area contributed by atoms with Crippen LogP contribution in [0, 0.1) is 0 Å². The van der Waals surface area contributed by atoms with Crippen LogP contribution in [0.3, 0.4) is 0 Å². The van der Waals surface area contributed by atoms with Crippen molar-refractivity contribution in [1.29, 1.82) is 0 Å². The number of aromatic nitrogens is 3. The van der Waals surface area contributed by atoms with Crippen molar-refractivity contribution in [3.63, 3.8) is 0 Å². The molecule has 0 spiro atoms. The molecule has 2 aromatic heterocycles. The third-order valence-electron chi connectivity index (χ3n) is 8.17. The number of anilines is 1. The maximum atomic E-state index is 12.9. The van der Waals surface area contributed by atoms with Crippen LogP contribution in [0.15, 0.2) is 36.7 Å². The van der Waals surface area contributed by atoms with Crippen molar-refractivity contribution in [3.05, 3.63) is 42.2 Å². The van der Waals surface area contributed by atoms with Crippen LogP contribution in [0.5, 0.6) is 0 Å². The Labute approximate surface area is 223 Å². The molecule has 1 saturated heterocycles. The van der Waals surface area contributed by atoms with E-state index in [0.717, 1.165) is 80.6 Å². The average Bonchev–Trinajstić information content (AvgIpc) is 3.24. The molecule has 2 fully saturated rings. The van der Waals surface area contributed by atoms with E-state index in [4.69, 9.17) is 4.98 Å². The lowest BCUT2D eigenvalue weighted by molar-refractivity contribution is 0.0104. The number of hydrogen-bond donors (Lipinski definition) is 2. The molecular weight excluding hydrogens is 486 g/mol. The molecule has 0 amide bonds. The van der Waals surface area contributed by atoms with E-state index in [1.165, 1.54) is 5.56 Å². The lowest BCUT2D eigenvalue weighted by atomic mass is 9.83. The second-order valence-electron chi connectivity index (χ2n) is 11.6. The summed E-state index contributed by atoms with van der Waals surface area (Å²) in [5.74, 6) is 0.363. The van der Waals surface area contributed by atoms with E-state index < -0.39 is 18.1 Å². The summed E-state index contributed by atoms with van der Waals surface area (Å²) >= 11 is 0. The van der Waals surface area contributed by atoms with Crippen molar-refractivity contribution < 1.29 is 13.9 Å². The van der Waals surface area contributed by atoms with Crippen molar-refractivity contribution in [1.82, 2.24) is 24.3 Å². The Morgan fingerprint density at radius 1 is 1.11 bits per heavy atom. The molecular formula is C29H40F2N6O. The highest BCUT2D eigenvalue weighted by atomic mass is 19.3. The van der Waals surface area contributed by atoms with E-state index in [1.807, 2.05) is 13.1 Å². The quantitative estimate of drug-likeness (QED) is 0.422. The van der Waals surface area contributed by atoms with Gasteiger partial charge in [-0.05, 0) is 57.7 Å². The number of likely N-dealkylation sites (N-methyl/N-ethyl adjacent to an activating group) is 1. The summed E-state index contributed by atoms with van der Waals surface area (Å²) in [4.78, 5) is 14.2. The molecule has 0 unspecified atom stereocenters. The Bertz CT molecular complexity index is 1210. The van der Waals surface area contributed by atoms with Gasteiger partial charge in [-0.1, -0.05) is 24.3 Å². The van der Waals surface area contributed by atoms with Gasteiger partial charge >= 0.3 is 0 Å². The van der Waals surface area contributed by atoms with Crippen LogP contribution in [-0.4, -0.2) is 80.7 Å². The Kier molecular flexibility index (Phi) is 7.98. The van der Waals surface area contributed by atoms with E-state index >= 15 is 0 Å². The molecule has 7 nitrogen and oxygen atoms in total. The van der Waals surface area contributed by atoms with E-state index in [9.17, 15) is 13.9 Å². The third kappa shape index (κ3) is 6.33. The van der Waals surface area contributed by atoms with Crippen molar-refractivity contribution in [2.24, 2.45) is 0 Å². The standard InChI is InChI=1S/C29H40F2N6O/c1-20(16-26(30)31)33-28-32-17-24-25(19-37(27(24)34-28)23-8-10-29(2,38)11-9-23)22-6-4-21(5-7-22)18-36-14-12-35(3)13-15-36/h4-7,17,19-20,23,26,38H,8-16,18H2,1-3H3,(H,32,33,34)/t20-,23?,29?/m1/s1. The molecule has 1 aliphatic heterocycles. The molecule has 1 aromatic carbocycles. The Morgan fingerprint density at radius 3 is 2.45 bits per heavy atom. The fourth-order valence-corrected chi connectivity index (χ4v) is 5.71. The Morgan fingerprint density at radius 2 is 1.79 bits per heavy atom. The van der Waals surface area contributed by atoms with Crippen LogP contribution in [0.4, 0.5) is 14.7 Å². The van der Waals surface area contributed by atoms with Crippen LogP contribution in [-0.2, 0) is 6.54 Å². The largest absolute Gasteiger partial charge is 0.390 e. The minimum atomic E-state index is -2.38. The van der Waals surface area contributed by atoms with Gasteiger partial charge in [0.1, 0.15) is 5.65 Å². The first-order chi connectivity index (χ1) is 18.2. The normalized spacial score (nSPS) is 24.2. The number of halogens is 2. The number of rotatable bonds is 8. The molecule has 0 bridgehead atoms. The van der Waals surface area contributed by atoms with E-state index in [-0.39, 0.29) is 12.5 Å². The molecule has 1 saturated carbocycles. The SMILES string of the molecule is C[C@H](CC(F)F)Nc1ncc2c(-c3ccc(CN4CCN(C)CC4)cc3)cn(C3CCC(C)(O)CC3)c2n1. The van der Waals surface area contributed by atoms with Crippen LogP contribution in [0.25, 0.3) is 22.2 Å². The predicted octanol–water partition coefficient (Wildman–Crippen LogP) is 5.17. The maximum absolute atomic E-state index is 12.9. The highest BCUT2D eigenvalue weighted by Gasteiger charge is 2.31. The van der Waals surface area contributed by atoms with Gasteiger partial charge in [0.15, 0.2) is 0 Å². The zero-order valence-corrected chi connectivity index (χ0v) is 22.7. The van der Waals surface area contributed by atoms with Gasteiger partial charge < -0.3 is 19.9 Å². The molecule has 38 heavy (non-hydrogen) atoms. The molecule has 9 heteroatoms. The second kappa shape index (κ2) is 11.2. The maximum Gasteiger partial charge on any atom is 0.240 e. The average molecular weight is 527 g/mol. The monoisotopic (exact) mass is 526 g/mol. The predicted molar refractivity (Wildman–Crippen MR) is 148 cm³/mol. The fraction of sp³-hybridized carbons (Fsp3) is 0.586. The smallest absolute Gasteiger partial charge is 0.240 e. The summed E-state index contributed by atoms with van der Waals surface area (Å²) in [5, 5.41) is 14.5. The van der Waals surface area contributed by atoms with Gasteiger partial charge in [-0.15, -0.1) is 0 Å². The molecule has 3 heterocycles. The molecule has 3 aromatic rings.